The molecule has 2 aromatic rings. The normalized spacial score (nSPS) is 10.5. The van der Waals surface area contributed by atoms with Crippen LogP contribution in [0, 0.1) is 0 Å². The Labute approximate surface area is 140 Å². The van der Waals surface area contributed by atoms with Crippen LogP contribution in [0.1, 0.15) is 5.56 Å². The van der Waals surface area contributed by atoms with Crippen molar-refractivity contribution in [3.05, 3.63) is 63.6 Å². The number of anilines is 1. The Morgan fingerprint density at radius 2 is 1.82 bits per heavy atom. The second kappa shape index (κ2) is 7.72. The number of nitrogens with one attached hydrogen (secondary N) is 2. The number of rotatable bonds is 3. The highest BCUT2D eigenvalue weighted by molar-refractivity contribution is 9.10. The van der Waals surface area contributed by atoms with Crippen LogP contribution >= 0.6 is 27.5 Å². The van der Waals surface area contributed by atoms with Crippen LogP contribution < -0.4 is 10.7 Å². The van der Waals surface area contributed by atoms with E-state index in [0.29, 0.717) is 10.7 Å². The van der Waals surface area contributed by atoms with Gasteiger partial charge in [-0.1, -0.05) is 45.7 Å². The molecule has 0 aliphatic rings. The van der Waals surface area contributed by atoms with Gasteiger partial charge in [0.05, 0.1) is 6.21 Å². The van der Waals surface area contributed by atoms with Crippen LogP contribution in [0.4, 0.5) is 5.69 Å². The van der Waals surface area contributed by atoms with Gasteiger partial charge in [0, 0.05) is 15.2 Å². The van der Waals surface area contributed by atoms with E-state index in [-0.39, 0.29) is 0 Å². The maximum atomic E-state index is 11.7. The average molecular weight is 381 g/mol. The van der Waals surface area contributed by atoms with Crippen molar-refractivity contribution in [1.29, 1.82) is 0 Å². The maximum absolute atomic E-state index is 11.7. The average Bonchev–Trinajstić information content (AvgIpc) is 2.49. The third-order valence-corrected chi connectivity index (χ3v) is 3.30. The molecule has 112 valence electrons. The lowest BCUT2D eigenvalue weighted by Gasteiger charge is -2.03. The smallest absolute Gasteiger partial charge is 0.318 e. The Balaban J connectivity index is 1.89. The summed E-state index contributed by atoms with van der Waals surface area (Å²) in [5, 5.41) is 6.61. The number of hydrogen-bond donors (Lipinski definition) is 2. The summed E-state index contributed by atoms with van der Waals surface area (Å²) in [7, 11) is 0. The van der Waals surface area contributed by atoms with Crippen molar-refractivity contribution >= 4 is 51.2 Å². The molecule has 0 saturated carbocycles. The number of halogens is 2. The molecule has 7 heteroatoms. The molecule has 0 aliphatic heterocycles. The van der Waals surface area contributed by atoms with Crippen LogP contribution in [-0.2, 0) is 9.59 Å². The molecule has 0 radical (unpaired) electrons. The lowest BCUT2D eigenvalue weighted by Crippen LogP contribution is -2.32. The van der Waals surface area contributed by atoms with E-state index in [2.05, 4.69) is 31.8 Å². The summed E-state index contributed by atoms with van der Waals surface area (Å²) < 4.78 is 0.939. The van der Waals surface area contributed by atoms with E-state index in [4.69, 9.17) is 11.6 Å². The molecule has 2 amide bonds. The minimum absolute atomic E-state index is 0.435. The minimum atomic E-state index is -0.867. The standard InChI is InChI=1S/C15H11BrClN3O2/c16-11-6-4-10(5-7-11)9-18-20-15(22)14(21)19-13-3-1-2-12(17)8-13/h1-9H,(H,19,21)(H,20,22). The first-order valence-corrected chi connectivity index (χ1v) is 7.37. The maximum Gasteiger partial charge on any atom is 0.329 e. The zero-order valence-corrected chi connectivity index (χ0v) is 13.6. The van der Waals surface area contributed by atoms with Crippen molar-refractivity contribution in [2.45, 2.75) is 0 Å². The molecule has 0 spiro atoms. The van der Waals surface area contributed by atoms with Crippen molar-refractivity contribution < 1.29 is 9.59 Å². The van der Waals surface area contributed by atoms with Crippen LogP contribution in [0.25, 0.3) is 0 Å². The van der Waals surface area contributed by atoms with Gasteiger partial charge in [0.15, 0.2) is 0 Å². The van der Waals surface area contributed by atoms with E-state index in [1.807, 2.05) is 24.3 Å². The Kier molecular flexibility index (Phi) is 5.68. The molecule has 0 fully saturated rings. The number of carbonyl (C=O) groups excluding carboxylic acids is 2. The van der Waals surface area contributed by atoms with Crippen molar-refractivity contribution in [2.75, 3.05) is 5.32 Å². The highest BCUT2D eigenvalue weighted by Crippen LogP contribution is 2.14. The lowest BCUT2D eigenvalue weighted by molar-refractivity contribution is -0.136. The van der Waals surface area contributed by atoms with Gasteiger partial charge in [0.1, 0.15) is 0 Å². The molecular formula is C15H11BrClN3O2. The largest absolute Gasteiger partial charge is 0.329 e. The molecule has 0 saturated heterocycles. The van der Waals surface area contributed by atoms with E-state index < -0.39 is 11.8 Å². The number of nitrogens with zero attached hydrogens (tertiary/aromatic N) is 1. The van der Waals surface area contributed by atoms with E-state index in [9.17, 15) is 9.59 Å². The Hall–Kier alpha value is -2.18. The number of amides is 2. The summed E-state index contributed by atoms with van der Waals surface area (Å²) in [6, 6.07) is 13.8. The predicted octanol–water partition coefficient (Wildman–Crippen LogP) is 3.19. The zero-order valence-electron chi connectivity index (χ0n) is 11.2. The molecule has 0 aromatic heterocycles. The summed E-state index contributed by atoms with van der Waals surface area (Å²) in [4.78, 5) is 23.3. The molecule has 5 nitrogen and oxygen atoms in total. The summed E-state index contributed by atoms with van der Waals surface area (Å²) in [6.45, 7) is 0. The summed E-state index contributed by atoms with van der Waals surface area (Å²) in [5.74, 6) is -1.69. The first kappa shape index (κ1) is 16.2. The van der Waals surface area contributed by atoms with Crippen molar-refractivity contribution in [3.63, 3.8) is 0 Å². The Bertz CT molecular complexity index is 717. The molecule has 22 heavy (non-hydrogen) atoms. The molecule has 0 unspecified atom stereocenters. The molecular weight excluding hydrogens is 370 g/mol. The molecule has 2 N–H and O–H groups in total. The molecule has 0 atom stereocenters. The summed E-state index contributed by atoms with van der Waals surface area (Å²) in [6.07, 6.45) is 1.44. The Morgan fingerprint density at radius 3 is 2.50 bits per heavy atom. The monoisotopic (exact) mass is 379 g/mol. The van der Waals surface area contributed by atoms with E-state index in [0.717, 1.165) is 10.0 Å². The third-order valence-electron chi connectivity index (χ3n) is 2.54. The second-order valence-electron chi connectivity index (χ2n) is 4.22. The Morgan fingerprint density at radius 1 is 1.09 bits per heavy atom. The fraction of sp³-hybridized carbons (Fsp3) is 0. The van der Waals surface area contributed by atoms with Crippen LogP contribution in [0.5, 0.6) is 0 Å². The van der Waals surface area contributed by atoms with E-state index in [1.54, 1.807) is 18.2 Å². The third kappa shape index (κ3) is 4.98. The molecule has 0 heterocycles. The van der Waals surface area contributed by atoms with Crippen molar-refractivity contribution in [1.82, 2.24) is 5.43 Å². The molecule has 2 aromatic carbocycles. The van der Waals surface area contributed by atoms with Crippen LogP contribution in [0.3, 0.4) is 0 Å². The van der Waals surface area contributed by atoms with Crippen LogP contribution in [-0.4, -0.2) is 18.0 Å². The van der Waals surface area contributed by atoms with Crippen LogP contribution in [0.2, 0.25) is 5.02 Å². The SMILES string of the molecule is O=C(NN=Cc1ccc(Br)cc1)C(=O)Nc1cccc(Cl)c1. The zero-order chi connectivity index (χ0) is 15.9. The predicted molar refractivity (Wildman–Crippen MR) is 90.0 cm³/mol. The number of hydrazone groups is 1. The van der Waals surface area contributed by atoms with Crippen molar-refractivity contribution in [2.24, 2.45) is 5.10 Å². The lowest BCUT2D eigenvalue weighted by atomic mass is 10.2. The fourth-order valence-corrected chi connectivity index (χ4v) is 1.97. The van der Waals surface area contributed by atoms with Gasteiger partial charge >= 0.3 is 11.8 Å². The first-order chi connectivity index (χ1) is 10.5. The number of hydrogen-bond acceptors (Lipinski definition) is 3. The molecule has 2 rings (SSSR count). The van der Waals surface area contributed by atoms with Gasteiger partial charge in [-0.25, -0.2) is 5.43 Å². The van der Waals surface area contributed by atoms with Gasteiger partial charge in [-0.3, -0.25) is 9.59 Å². The molecule has 0 bridgehead atoms. The topological polar surface area (TPSA) is 70.6 Å². The summed E-state index contributed by atoms with van der Waals surface area (Å²) in [5.41, 5.74) is 3.38. The number of benzene rings is 2. The van der Waals surface area contributed by atoms with Gasteiger partial charge in [-0.2, -0.15) is 5.10 Å². The second-order valence-corrected chi connectivity index (χ2v) is 5.57. The van der Waals surface area contributed by atoms with Gasteiger partial charge in [-0.15, -0.1) is 0 Å². The minimum Gasteiger partial charge on any atom is -0.318 e. The van der Waals surface area contributed by atoms with Gasteiger partial charge in [0.25, 0.3) is 0 Å². The highest BCUT2D eigenvalue weighted by Gasteiger charge is 2.12. The highest BCUT2D eigenvalue weighted by atomic mass is 79.9. The van der Waals surface area contributed by atoms with E-state index >= 15 is 0 Å². The van der Waals surface area contributed by atoms with Crippen molar-refractivity contribution in [3.8, 4) is 0 Å². The summed E-state index contributed by atoms with van der Waals surface area (Å²) >= 11 is 9.11. The first-order valence-electron chi connectivity index (χ1n) is 6.20. The van der Waals surface area contributed by atoms with Crippen LogP contribution in [0.15, 0.2) is 58.1 Å². The fourth-order valence-electron chi connectivity index (χ4n) is 1.52. The number of carbonyl (C=O) groups is 2. The van der Waals surface area contributed by atoms with E-state index in [1.165, 1.54) is 12.3 Å². The van der Waals surface area contributed by atoms with Gasteiger partial charge in [-0.05, 0) is 35.9 Å². The van der Waals surface area contributed by atoms with Gasteiger partial charge in [0.2, 0.25) is 0 Å². The van der Waals surface area contributed by atoms with Gasteiger partial charge < -0.3 is 5.32 Å². The molecule has 0 aliphatic carbocycles. The quantitative estimate of drug-likeness (QED) is 0.488.